The van der Waals surface area contributed by atoms with Crippen molar-refractivity contribution in [3.8, 4) is 0 Å². The van der Waals surface area contributed by atoms with Gasteiger partial charge in [-0.05, 0) is 31.7 Å². The maximum absolute atomic E-state index is 12.0. The zero-order chi connectivity index (χ0) is 10.8. The first-order valence-electron chi connectivity index (χ1n) is 5.87. The molecule has 0 spiro atoms. The van der Waals surface area contributed by atoms with Gasteiger partial charge in [0.05, 0.1) is 12.1 Å². The fraction of sp³-hybridized carbons (Fsp3) is 0.909. The molecule has 0 aliphatic carbocycles. The summed E-state index contributed by atoms with van der Waals surface area (Å²) < 4.78 is 0. The number of aliphatic hydroxyl groups is 1. The van der Waals surface area contributed by atoms with Crippen LogP contribution in [0.5, 0.6) is 0 Å². The number of aliphatic hydroxyl groups excluding tert-OH is 1. The molecule has 15 heavy (non-hydrogen) atoms. The molecule has 1 amide bonds. The third-order valence-corrected chi connectivity index (χ3v) is 3.44. The van der Waals surface area contributed by atoms with Crippen molar-refractivity contribution < 1.29 is 9.90 Å². The molecule has 4 heteroatoms. The Kier molecular flexibility index (Phi) is 3.26. The molecule has 0 aromatic rings. The second kappa shape index (κ2) is 4.49. The highest BCUT2D eigenvalue weighted by atomic mass is 16.3. The molecule has 4 nitrogen and oxygen atoms in total. The molecule has 2 saturated heterocycles. The number of hydrogen-bond acceptors (Lipinski definition) is 3. The lowest BCUT2D eigenvalue weighted by atomic mass is 9.93. The number of rotatable bonds is 1. The Bertz CT molecular complexity index is 245. The molecule has 2 fully saturated rings. The van der Waals surface area contributed by atoms with Crippen LogP contribution in [0.4, 0.5) is 0 Å². The number of hydrogen-bond donors (Lipinski definition) is 2. The van der Waals surface area contributed by atoms with Crippen molar-refractivity contribution in [2.75, 3.05) is 19.6 Å². The van der Waals surface area contributed by atoms with Gasteiger partial charge in [-0.2, -0.15) is 0 Å². The van der Waals surface area contributed by atoms with Gasteiger partial charge in [-0.3, -0.25) is 4.79 Å². The third-order valence-electron chi connectivity index (χ3n) is 3.44. The van der Waals surface area contributed by atoms with E-state index >= 15 is 0 Å². The quantitative estimate of drug-likeness (QED) is 0.641. The minimum atomic E-state index is -0.310. The first-order valence-corrected chi connectivity index (χ1v) is 5.87. The predicted octanol–water partition coefficient (Wildman–Crippen LogP) is -0.0323. The topological polar surface area (TPSA) is 52.6 Å². The fourth-order valence-electron chi connectivity index (χ4n) is 2.46. The molecule has 0 aromatic carbocycles. The Morgan fingerprint density at radius 1 is 1.47 bits per heavy atom. The van der Waals surface area contributed by atoms with Gasteiger partial charge in [0.1, 0.15) is 0 Å². The number of carbonyl (C=O) groups excluding carboxylic acids is 1. The average molecular weight is 212 g/mol. The minimum absolute atomic E-state index is 0.0148. The SMILES string of the molecule is CC1CCNC(C(=O)N2CCC(O)C2)C1. The van der Waals surface area contributed by atoms with E-state index in [2.05, 4.69) is 12.2 Å². The summed E-state index contributed by atoms with van der Waals surface area (Å²) in [6.45, 7) is 4.37. The van der Waals surface area contributed by atoms with Crippen LogP contribution in [0, 0.1) is 5.92 Å². The summed E-state index contributed by atoms with van der Waals surface area (Å²) in [7, 11) is 0. The highest BCUT2D eigenvalue weighted by Gasteiger charge is 2.31. The first kappa shape index (κ1) is 10.9. The van der Waals surface area contributed by atoms with Gasteiger partial charge in [0.25, 0.3) is 0 Å². The van der Waals surface area contributed by atoms with E-state index in [-0.39, 0.29) is 18.1 Å². The Morgan fingerprint density at radius 2 is 2.27 bits per heavy atom. The van der Waals surface area contributed by atoms with Gasteiger partial charge in [0, 0.05) is 13.1 Å². The summed E-state index contributed by atoms with van der Waals surface area (Å²) >= 11 is 0. The minimum Gasteiger partial charge on any atom is -0.391 e. The number of likely N-dealkylation sites (tertiary alicyclic amines) is 1. The zero-order valence-electron chi connectivity index (χ0n) is 9.28. The molecule has 0 aromatic heterocycles. The normalized spacial score (nSPS) is 36.9. The number of nitrogens with zero attached hydrogens (tertiary/aromatic N) is 1. The number of carbonyl (C=O) groups is 1. The van der Waals surface area contributed by atoms with E-state index in [0.717, 1.165) is 25.8 Å². The molecule has 2 heterocycles. The molecular formula is C11H20N2O2. The van der Waals surface area contributed by atoms with Crippen LogP contribution in [-0.2, 0) is 4.79 Å². The number of piperidine rings is 1. The second-order valence-electron chi connectivity index (χ2n) is 4.86. The second-order valence-corrected chi connectivity index (χ2v) is 4.86. The van der Waals surface area contributed by atoms with Crippen LogP contribution in [0.25, 0.3) is 0 Å². The standard InChI is InChI=1S/C11H20N2O2/c1-8-2-4-12-10(6-8)11(15)13-5-3-9(14)7-13/h8-10,12,14H,2-7H2,1H3. The molecule has 0 radical (unpaired) electrons. The van der Waals surface area contributed by atoms with Gasteiger partial charge >= 0.3 is 0 Å². The lowest BCUT2D eigenvalue weighted by Gasteiger charge is -2.30. The Labute approximate surface area is 90.6 Å². The van der Waals surface area contributed by atoms with Gasteiger partial charge < -0.3 is 15.3 Å². The number of β-amino-alcohol motifs (C(OH)–C–C–N with tert-alkyl or cyclic N) is 1. The summed E-state index contributed by atoms with van der Waals surface area (Å²) in [5.41, 5.74) is 0. The number of nitrogens with one attached hydrogen (secondary N) is 1. The molecule has 2 aliphatic heterocycles. The Hall–Kier alpha value is -0.610. The number of amides is 1. The van der Waals surface area contributed by atoms with E-state index in [9.17, 15) is 9.90 Å². The van der Waals surface area contributed by atoms with Crippen LogP contribution in [0.1, 0.15) is 26.2 Å². The van der Waals surface area contributed by atoms with Crippen LogP contribution >= 0.6 is 0 Å². The Balaban J connectivity index is 1.89. The molecule has 3 unspecified atom stereocenters. The molecule has 86 valence electrons. The predicted molar refractivity (Wildman–Crippen MR) is 57.4 cm³/mol. The first-order chi connectivity index (χ1) is 7.16. The van der Waals surface area contributed by atoms with E-state index in [1.54, 1.807) is 4.90 Å². The van der Waals surface area contributed by atoms with Gasteiger partial charge in [-0.25, -0.2) is 0 Å². The van der Waals surface area contributed by atoms with Crippen molar-refractivity contribution in [3.05, 3.63) is 0 Å². The Morgan fingerprint density at radius 3 is 2.87 bits per heavy atom. The van der Waals surface area contributed by atoms with Crippen LogP contribution in [0.15, 0.2) is 0 Å². The van der Waals surface area contributed by atoms with Crippen molar-refractivity contribution in [2.45, 2.75) is 38.3 Å². The molecule has 0 bridgehead atoms. The van der Waals surface area contributed by atoms with E-state index in [1.165, 1.54) is 0 Å². The van der Waals surface area contributed by atoms with Crippen LogP contribution in [-0.4, -0.2) is 47.7 Å². The van der Waals surface area contributed by atoms with Crippen LogP contribution in [0.2, 0.25) is 0 Å². The van der Waals surface area contributed by atoms with E-state index in [0.29, 0.717) is 19.0 Å². The third kappa shape index (κ3) is 2.49. The lowest BCUT2D eigenvalue weighted by Crippen LogP contribution is -2.49. The molecule has 0 saturated carbocycles. The van der Waals surface area contributed by atoms with Gasteiger partial charge in [0.15, 0.2) is 0 Å². The zero-order valence-corrected chi connectivity index (χ0v) is 9.28. The van der Waals surface area contributed by atoms with Crippen molar-refractivity contribution in [1.29, 1.82) is 0 Å². The molecule has 2 aliphatic rings. The van der Waals surface area contributed by atoms with E-state index in [1.807, 2.05) is 0 Å². The monoisotopic (exact) mass is 212 g/mol. The summed E-state index contributed by atoms with van der Waals surface area (Å²) in [6, 6.07) is -0.0148. The van der Waals surface area contributed by atoms with Crippen LogP contribution in [0.3, 0.4) is 0 Å². The van der Waals surface area contributed by atoms with E-state index in [4.69, 9.17) is 0 Å². The smallest absolute Gasteiger partial charge is 0.239 e. The molecular weight excluding hydrogens is 192 g/mol. The molecule has 2 N–H and O–H groups in total. The van der Waals surface area contributed by atoms with Gasteiger partial charge in [0.2, 0.25) is 5.91 Å². The average Bonchev–Trinajstić information content (AvgIpc) is 2.64. The highest BCUT2D eigenvalue weighted by molar-refractivity contribution is 5.82. The summed E-state index contributed by atoms with van der Waals surface area (Å²) in [6.07, 6.45) is 2.52. The van der Waals surface area contributed by atoms with E-state index < -0.39 is 0 Å². The van der Waals surface area contributed by atoms with Gasteiger partial charge in [-0.1, -0.05) is 6.92 Å². The maximum atomic E-state index is 12.0. The van der Waals surface area contributed by atoms with Crippen molar-refractivity contribution in [2.24, 2.45) is 5.92 Å². The largest absolute Gasteiger partial charge is 0.391 e. The fourth-order valence-corrected chi connectivity index (χ4v) is 2.46. The summed E-state index contributed by atoms with van der Waals surface area (Å²) in [5, 5.41) is 12.7. The highest BCUT2D eigenvalue weighted by Crippen LogP contribution is 2.18. The maximum Gasteiger partial charge on any atom is 0.239 e. The van der Waals surface area contributed by atoms with Crippen molar-refractivity contribution in [1.82, 2.24) is 10.2 Å². The molecule has 3 atom stereocenters. The summed E-state index contributed by atoms with van der Waals surface area (Å²) in [5.74, 6) is 0.811. The van der Waals surface area contributed by atoms with Crippen molar-refractivity contribution in [3.63, 3.8) is 0 Å². The van der Waals surface area contributed by atoms with Gasteiger partial charge in [-0.15, -0.1) is 0 Å². The molecule has 2 rings (SSSR count). The summed E-state index contributed by atoms with van der Waals surface area (Å²) in [4.78, 5) is 13.8. The van der Waals surface area contributed by atoms with Crippen molar-refractivity contribution >= 4 is 5.91 Å². The van der Waals surface area contributed by atoms with Crippen LogP contribution < -0.4 is 5.32 Å². The lowest BCUT2D eigenvalue weighted by molar-refractivity contribution is -0.133.